The van der Waals surface area contributed by atoms with Crippen molar-refractivity contribution in [3.63, 3.8) is 0 Å². The predicted octanol–water partition coefficient (Wildman–Crippen LogP) is 3.08. The Morgan fingerprint density at radius 2 is 2.05 bits per heavy atom. The molecule has 1 fully saturated rings. The molecule has 1 aromatic heterocycles. The molecule has 2 N–H and O–H groups in total. The van der Waals surface area contributed by atoms with Gasteiger partial charge in [0.1, 0.15) is 0 Å². The Morgan fingerprint density at radius 3 is 2.82 bits per heavy atom. The van der Waals surface area contributed by atoms with Crippen molar-refractivity contribution < 1.29 is 0 Å². The molecule has 1 saturated heterocycles. The van der Waals surface area contributed by atoms with Crippen LogP contribution in [-0.2, 0) is 6.42 Å². The van der Waals surface area contributed by atoms with Crippen molar-refractivity contribution in [3.8, 4) is 0 Å². The number of aryl methyl sites for hydroxylation is 1. The second-order valence-corrected chi connectivity index (χ2v) is 5.95. The molecule has 0 radical (unpaired) electrons. The number of fused-ring (bicyclic) bond motifs is 1. The second kappa shape index (κ2) is 6.86. The Bertz CT molecular complexity index is 650. The monoisotopic (exact) mass is 298 g/mol. The van der Waals surface area contributed by atoms with E-state index in [0.717, 1.165) is 38.6 Å². The molecule has 0 unspecified atom stereocenters. The number of benzene rings is 1. The first-order valence-electron chi connectivity index (χ1n) is 8.39. The number of aromatic nitrogens is 1. The summed E-state index contributed by atoms with van der Waals surface area (Å²) in [6.45, 7) is 8.33. The zero-order valence-electron chi connectivity index (χ0n) is 13.7. The number of para-hydroxylation sites is 1. The lowest BCUT2D eigenvalue weighted by atomic mass is 10.1. The summed E-state index contributed by atoms with van der Waals surface area (Å²) in [5.41, 5.74) is 3.89. The van der Waals surface area contributed by atoms with E-state index in [2.05, 4.69) is 53.3 Å². The molecule has 1 aromatic carbocycles. The third-order valence-corrected chi connectivity index (χ3v) is 4.39. The molecule has 0 bridgehead atoms. The average Bonchev–Trinajstić information content (AvgIpc) is 3.15. The maximum Gasteiger partial charge on any atom is 0.193 e. The number of likely N-dealkylation sites (tertiary alicyclic amines) is 1. The molecule has 0 spiro atoms. The van der Waals surface area contributed by atoms with E-state index < -0.39 is 0 Å². The fourth-order valence-electron chi connectivity index (χ4n) is 3.29. The molecule has 0 aliphatic carbocycles. The van der Waals surface area contributed by atoms with Gasteiger partial charge in [-0.15, -0.1) is 0 Å². The number of nitrogens with zero attached hydrogens (tertiary/aromatic N) is 2. The number of hydrogen-bond acceptors (Lipinski definition) is 1. The minimum absolute atomic E-state index is 0.835. The fourth-order valence-corrected chi connectivity index (χ4v) is 3.29. The van der Waals surface area contributed by atoms with Crippen LogP contribution in [0.4, 0.5) is 0 Å². The average molecular weight is 298 g/mol. The van der Waals surface area contributed by atoms with Crippen LogP contribution in [0.25, 0.3) is 10.9 Å². The van der Waals surface area contributed by atoms with Crippen molar-refractivity contribution in [2.75, 3.05) is 26.2 Å². The van der Waals surface area contributed by atoms with Gasteiger partial charge in [-0.3, -0.25) is 4.99 Å². The lowest BCUT2D eigenvalue weighted by Crippen LogP contribution is -2.39. The van der Waals surface area contributed by atoms with E-state index in [0.29, 0.717) is 0 Å². The molecular formula is C18H26N4. The minimum Gasteiger partial charge on any atom is -0.358 e. The van der Waals surface area contributed by atoms with Gasteiger partial charge in [0.05, 0.1) is 0 Å². The van der Waals surface area contributed by atoms with E-state index >= 15 is 0 Å². The summed E-state index contributed by atoms with van der Waals surface area (Å²) in [5, 5.41) is 4.76. The summed E-state index contributed by atoms with van der Waals surface area (Å²) >= 11 is 0. The summed E-state index contributed by atoms with van der Waals surface area (Å²) < 4.78 is 0. The van der Waals surface area contributed by atoms with Gasteiger partial charge < -0.3 is 15.2 Å². The van der Waals surface area contributed by atoms with Gasteiger partial charge in [-0.1, -0.05) is 18.2 Å². The number of guanidine groups is 1. The summed E-state index contributed by atoms with van der Waals surface area (Å²) in [6, 6.07) is 8.53. The van der Waals surface area contributed by atoms with E-state index in [1.165, 1.54) is 35.0 Å². The topological polar surface area (TPSA) is 43.4 Å². The number of nitrogens with one attached hydrogen (secondary N) is 2. The van der Waals surface area contributed by atoms with Gasteiger partial charge in [-0.05, 0) is 44.7 Å². The lowest BCUT2D eigenvalue weighted by Gasteiger charge is -2.20. The van der Waals surface area contributed by atoms with Crippen molar-refractivity contribution in [1.29, 1.82) is 0 Å². The molecule has 22 heavy (non-hydrogen) atoms. The smallest absolute Gasteiger partial charge is 0.193 e. The Hall–Kier alpha value is -1.97. The highest BCUT2D eigenvalue weighted by molar-refractivity contribution is 5.84. The number of rotatable bonds is 4. The van der Waals surface area contributed by atoms with Crippen molar-refractivity contribution in [2.24, 2.45) is 4.99 Å². The van der Waals surface area contributed by atoms with Gasteiger partial charge >= 0.3 is 0 Å². The SMILES string of the molecule is CCNC(=NCCc1c(C)[nH]c2ccccc12)N1CCCC1. The number of aromatic amines is 1. The first kappa shape index (κ1) is 14.9. The van der Waals surface area contributed by atoms with E-state index in [9.17, 15) is 0 Å². The Morgan fingerprint density at radius 1 is 1.27 bits per heavy atom. The molecule has 1 aliphatic heterocycles. The normalized spacial score (nSPS) is 15.7. The summed E-state index contributed by atoms with van der Waals surface area (Å²) in [7, 11) is 0. The maximum absolute atomic E-state index is 4.84. The van der Waals surface area contributed by atoms with Crippen LogP contribution in [0.3, 0.4) is 0 Å². The van der Waals surface area contributed by atoms with Crippen LogP contribution in [0.2, 0.25) is 0 Å². The van der Waals surface area contributed by atoms with Gasteiger partial charge in [0, 0.05) is 42.8 Å². The van der Waals surface area contributed by atoms with Crippen LogP contribution < -0.4 is 5.32 Å². The highest BCUT2D eigenvalue weighted by Gasteiger charge is 2.15. The molecule has 4 heteroatoms. The molecule has 118 valence electrons. The van der Waals surface area contributed by atoms with E-state index in [-0.39, 0.29) is 0 Å². The zero-order chi connectivity index (χ0) is 15.4. The first-order valence-corrected chi connectivity index (χ1v) is 8.39. The zero-order valence-corrected chi connectivity index (χ0v) is 13.7. The molecular weight excluding hydrogens is 272 g/mol. The quantitative estimate of drug-likeness (QED) is 0.673. The van der Waals surface area contributed by atoms with E-state index in [1.54, 1.807) is 0 Å². The molecule has 1 aliphatic rings. The number of H-pyrrole nitrogens is 1. The Kier molecular flexibility index (Phi) is 4.66. The van der Waals surface area contributed by atoms with Crippen molar-refractivity contribution >= 4 is 16.9 Å². The lowest BCUT2D eigenvalue weighted by molar-refractivity contribution is 0.494. The van der Waals surface area contributed by atoms with Crippen LogP contribution in [0.1, 0.15) is 31.0 Å². The van der Waals surface area contributed by atoms with Crippen molar-refractivity contribution in [1.82, 2.24) is 15.2 Å². The van der Waals surface area contributed by atoms with Crippen molar-refractivity contribution in [2.45, 2.75) is 33.1 Å². The van der Waals surface area contributed by atoms with Crippen LogP contribution >= 0.6 is 0 Å². The summed E-state index contributed by atoms with van der Waals surface area (Å²) in [6.07, 6.45) is 3.55. The van der Waals surface area contributed by atoms with Gasteiger partial charge in [-0.25, -0.2) is 0 Å². The fraction of sp³-hybridized carbons (Fsp3) is 0.500. The largest absolute Gasteiger partial charge is 0.358 e. The van der Waals surface area contributed by atoms with Crippen LogP contribution in [-0.4, -0.2) is 42.0 Å². The molecule has 0 atom stereocenters. The second-order valence-electron chi connectivity index (χ2n) is 5.95. The predicted molar refractivity (Wildman–Crippen MR) is 93.5 cm³/mol. The van der Waals surface area contributed by atoms with Crippen LogP contribution in [0, 0.1) is 6.92 Å². The first-order chi connectivity index (χ1) is 10.8. The molecule has 2 heterocycles. The van der Waals surface area contributed by atoms with Gasteiger partial charge in [0.25, 0.3) is 0 Å². The van der Waals surface area contributed by atoms with Gasteiger partial charge in [0.2, 0.25) is 0 Å². The van der Waals surface area contributed by atoms with E-state index in [1.807, 2.05) is 0 Å². The minimum atomic E-state index is 0.835. The highest BCUT2D eigenvalue weighted by Crippen LogP contribution is 2.22. The summed E-state index contributed by atoms with van der Waals surface area (Å²) in [5.74, 6) is 1.08. The molecule has 0 amide bonds. The molecule has 2 aromatic rings. The summed E-state index contributed by atoms with van der Waals surface area (Å²) in [4.78, 5) is 10.7. The number of aliphatic imine (C=N–C) groups is 1. The highest BCUT2D eigenvalue weighted by atomic mass is 15.3. The molecule has 4 nitrogen and oxygen atoms in total. The Labute approximate surface area is 132 Å². The Balaban J connectivity index is 1.72. The number of hydrogen-bond donors (Lipinski definition) is 2. The van der Waals surface area contributed by atoms with Crippen LogP contribution in [0.15, 0.2) is 29.3 Å². The van der Waals surface area contributed by atoms with Crippen molar-refractivity contribution in [3.05, 3.63) is 35.5 Å². The third-order valence-electron chi connectivity index (χ3n) is 4.39. The molecule has 3 rings (SSSR count). The maximum atomic E-state index is 4.84. The van der Waals surface area contributed by atoms with Crippen LogP contribution in [0.5, 0.6) is 0 Å². The van der Waals surface area contributed by atoms with E-state index in [4.69, 9.17) is 4.99 Å². The third kappa shape index (κ3) is 3.11. The van der Waals surface area contributed by atoms with Gasteiger partial charge in [-0.2, -0.15) is 0 Å². The van der Waals surface area contributed by atoms with Gasteiger partial charge in [0.15, 0.2) is 5.96 Å². The molecule has 0 saturated carbocycles. The standard InChI is InChI=1S/C18H26N4/c1-3-19-18(22-12-6-7-13-22)20-11-10-15-14(2)21-17-9-5-4-8-16(15)17/h4-5,8-9,21H,3,6-7,10-13H2,1-2H3,(H,19,20).